The van der Waals surface area contributed by atoms with Gasteiger partial charge in [-0.25, -0.2) is 8.42 Å². The largest absolute Gasteiger partial charge is 0.334 e. The predicted octanol–water partition coefficient (Wildman–Crippen LogP) is 0.467. The fourth-order valence-electron chi connectivity index (χ4n) is 4.04. The Bertz CT molecular complexity index is 822. The zero-order valence-electron chi connectivity index (χ0n) is 14.1. The summed E-state index contributed by atoms with van der Waals surface area (Å²) in [6, 6.07) is 6.57. The van der Waals surface area contributed by atoms with Gasteiger partial charge in [0.05, 0.1) is 4.90 Å². The number of hydrogen-bond acceptors (Lipinski definition) is 5. The molecule has 0 saturated carbocycles. The van der Waals surface area contributed by atoms with Crippen molar-refractivity contribution in [2.45, 2.75) is 49.2 Å². The monoisotopic (exact) mass is 362 g/mol. The average Bonchev–Trinajstić information content (AvgIpc) is 2.99. The molecule has 0 spiro atoms. The van der Waals surface area contributed by atoms with Crippen LogP contribution in [-0.2, 0) is 14.8 Å². The molecule has 3 heterocycles. The van der Waals surface area contributed by atoms with E-state index in [0.717, 1.165) is 32.4 Å². The molecule has 3 unspecified atom stereocenters. The second kappa shape index (κ2) is 6.10. The van der Waals surface area contributed by atoms with Crippen LogP contribution in [0.25, 0.3) is 0 Å². The molecule has 3 aliphatic rings. The molecule has 2 N–H and O–H groups in total. The third-order valence-corrected chi connectivity index (χ3v) is 6.65. The summed E-state index contributed by atoms with van der Waals surface area (Å²) in [5.41, 5.74) is 0.530. The van der Waals surface area contributed by atoms with Crippen LogP contribution in [0.15, 0.2) is 34.2 Å². The number of amidine groups is 1. The first-order valence-electron chi connectivity index (χ1n) is 8.70. The van der Waals surface area contributed by atoms with E-state index in [2.05, 4.69) is 15.0 Å². The summed E-state index contributed by atoms with van der Waals surface area (Å²) in [7, 11) is -3.58. The van der Waals surface area contributed by atoms with Gasteiger partial charge >= 0.3 is 0 Å². The summed E-state index contributed by atoms with van der Waals surface area (Å²) in [6.07, 6.45) is 3.01. The third kappa shape index (κ3) is 2.83. The number of carbonyl (C=O) groups is 1. The van der Waals surface area contributed by atoms with Gasteiger partial charge in [-0.05, 0) is 44.9 Å². The fraction of sp³-hybridized carbons (Fsp3) is 0.529. The first-order valence-corrected chi connectivity index (χ1v) is 10.2. The van der Waals surface area contributed by atoms with E-state index in [1.807, 2.05) is 4.90 Å². The summed E-state index contributed by atoms with van der Waals surface area (Å²) in [4.78, 5) is 19.6. The minimum absolute atomic E-state index is 0.0210. The lowest BCUT2D eigenvalue weighted by molar-refractivity contribution is -0.134. The van der Waals surface area contributed by atoms with E-state index in [1.165, 1.54) is 0 Å². The van der Waals surface area contributed by atoms with E-state index in [0.29, 0.717) is 5.56 Å². The first kappa shape index (κ1) is 16.5. The van der Waals surface area contributed by atoms with Crippen molar-refractivity contribution in [3.8, 4) is 0 Å². The molecule has 25 heavy (non-hydrogen) atoms. The van der Waals surface area contributed by atoms with Crippen molar-refractivity contribution >= 4 is 21.8 Å². The summed E-state index contributed by atoms with van der Waals surface area (Å²) in [5, 5.41) is 3.38. The molecular formula is C17H22N4O3S. The van der Waals surface area contributed by atoms with Gasteiger partial charge in [0.25, 0.3) is 10.0 Å². The van der Waals surface area contributed by atoms with Crippen molar-refractivity contribution < 1.29 is 13.2 Å². The maximum atomic E-state index is 13.0. The van der Waals surface area contributed by atoms with E-state index < -0.39 is 16.1 Å². The van der Waals surface area contributed by atoms with Crippen molar-refractivity contribution in [2.75, 3.05) is 13.1 Å². The lowest BCUT2D eigenvalue weighted by Gasteiger charge is -2.29. The Balaban J connectivity index is 1.61. The number of aliphatic imine (C=N–C) groups is 1. The van der Waals surface area contributed by atoms with E-state index in [1.54, 1.807) is 31.2 Å². The lowest BCUT2D eigenvalue weighted by atomic mass is 10.1. The number of carbonyl (C=O) groups excluding carboxylic acids is 1. The number of nitrogens with zero attached hydrogens (tertiary/aromatic N) is 2. The molecule has 3 aliphatic heterocycles. The molecule has 7 nitrogen and oxygen atoms in total. The fourth-order valence-corrected chi connectivity index (χ4v) is 5.28. The Morgan fingerprint density at radius 3 is 2.84 bits per heavy atom. The van der Waals surface area contributed by atoms with Gasteiger partial charge < -0.3 is 10.2 Å². The van der Waals surface area contributed by atoms with Crippen LogP contribution in [0.5, 0.6) is 0 Å². The van der Waals surface area contributed by atoms with Crippen LogP contribution in [0.3, 0.4) is 0 Å². The van der Waals surface area contributed by atoms with Gasteiger partial charge in [-0.1, -0.05) is 12.1 Å². The molecule has 2 bridgehead atoms. The van der Waals surface area contributed by atoms with Gasteiger partial charge in [-0.3, -0.25) is 14.5 Å². The van der Waals surface area contributed by atoms with Gasteiger partial charge in [0, 0.05) is 24.2 Å². The molecule has 0 aromatic heterocycles. The molecule has 134 valence electrons. The second-order valence-corrected chi connectivity index (χ2v) is 8.53. The number of nitrogens with one attached hydrogen (secondary N) is 2. The van der Waals surface area contributed by atoms with E-state index >= 15 is 0 Å². The van der Waals surface area contributed by atoms with Crippen molar-refractivity contribution in [3.05, 3.63) is 29.8 Å². The maximum absolute atomic E-state index is 13.0. The van der Waals surface area contributed by atoms with Gasteiger partial charge in [0.1, 0.15) is 11.9 Å². The third-order valence-electron chi connectivity index (χ3n) is 5.25. The van der Waals surface area contributed by atoms with Crippen molar-refractivity contribution in [3.63, 3.8) is 0 Å². The second-order valence-electron chi connectivity index (χ2n) is 6.88. The number of sulfonamides is 1. The minimum Gasteiger partial charge on any atom is -0.334 e. The van der Waals surface area contributed by atoms with Crippen molar-refractivity contribution in [1.82, 2.24) is 14.9 Å². The number of amides is 1. The maximum Gasteiger partial charge on any atom is 0.263 e. The van der Waals surface area contributed by atoms with E-state index in [4.69, 9.17) is 0 Å². The number of hydrogen-bond donors (Lipinski definition) is 2. The smallest absolute Gasteiger partial charge is 0.263 e. The topological polar surface area (TPSA) is 90.9 Å². The zero-order valence-corrected chi connectivity index (χ0v) is 14.9. The predicted molar refractivity (Wildman–Crippen MR) is 93.9 cm³/mol. The molecule has 4 rings (SSSR count). The SMILES string of the molecule is CC(N=C1NS(=O)(=O)c2ccccc21)C(=O)N1C2CCNCC1CC2. The Morgan fingerprint density at radius 1 is 1.24 bits per heavy atom. The Kier molecular flexibility index (Phi) is 4.04. The number of benzene rings is 1. The average molecular weight is 362 g/mol. The molecular weight excluding hydrogens is 340 g/mol. The van der Waals surface area contributed by atoms with Crippen LogP contribution >= 0.6 is 0 Å². The van der Waals surface area contributed by atoms with Crippen LogP contribution in [0.2, 0.25) is 0 Å². The molecule has 0 aliphatic carbocycles. The summed E-state index contributed by atoms with van der Waals surface area (Å²) in [6.45, 7) is 3.49. The quantitative estimate of drug-likeness (QED) is 0.800. The highest BCUT2D eigenvalue weighted by molar-refractivity contribution is 7.90. The van der Waals surface area contributed by atoms with Crippen molar-refractivity contribution in [1.29, 1.82) is 0 Å². The molecule has 1 aromatic carbocycles. The molecule has 3 atom stereocenters. The highest BCUT2D eigenvalue weighted by atomic mass is 32.2. The number of fused-ring (bicyclic) bond motifs is 3. The minimum atomic E-state index is -3.58. The summed E-state index contributed by atoms with van der Waals surface area (Å²) >= 11 is 0. The Morgan fingerprint density at radius 2 is 2.00 bits per heavy atom. The van der Waals surface area contributed by atoms with Gasteiger partial charge in [0.15, 0.2) is 0 Å². The van der Waals surface area contributed by atoms with Gasteiger partial charge in [-0.15, -0.1) is 0 Å². The normalized spacial score (nSPS) is 29.8. The van der Waals surface area contributed by atoms with Crippen LogP contribution in [0.4, 0.5) is 0 Å². The van der Waals surface area contributed by atoms with Crippen LogP contribution in [-0.4, -0.2) is 56.3 Å². The van der Waals surface area contributed by atoms with E-state index in [9.17, 15) is 13.2 Å². The molecule has 8 heteroatoms. The highest BCUT2D eigenvalue weighted by Gasteiger charge is 2.40. The highest BCUT2D eigenvalue weighted by Crippen LogP contribution is 2.29. The van der Waals surface area contributed by atoms with Gasteiger partial charge in [0.2, 0.25) is 5.91 Å². The van der Waals surface area contributed by atoms with Gasteiger partial charge in [-0.2, -0.15) is 0 Å². The lowest BCUT2D eigenvalue weighted by Crippen LogP contribution is -2.46. The van der Waals surface area contributed by atoms with Crippen molar-refractivity contribution in [2.24, 2.45) is 4.99 Å². The zero-order chi connectivity index (χ0) is 17.6. The van der Waals surface area contributed by atoms with Crippen LogP contribution in [0.1, 0.15) is 31.7 Å². The standard InChI is InChI=1S/C17H22N4O3S/c1-11(17(22)21-12-6-7-13(21)10-18-9-8-12)19-16-14-4-2-3-5-15(14)25(23,24)20-16/h2-5,11-13,18H,6-10H2,1H3,(H,19,20). The first-order chi connectivity index (χ1) is 12.0. The molecule has 2 fully saturated rings. The summed E-state index contributed by atoms with van der Waals surface area (Å²) < 4.78 is 26.8. The van der Waals surface area contributed by atoms with Crippen LogP contribution in [0, 0.1) is 0 Å². The summed E-state index contributed by atoms with van der Waals surface area (Å²) in [5.74, 6) is 0.240. The molecule has 0 radical (unpaired) electrons. The molecule has 2 saturated heterocycles. The Hall–Kier alpha value is -1.93. The van der Waals surface area contributed by atoms with E-state index in [-0.39, 0.29) is 28.7 Å². The van der Waals surface area contributed by atoms with Crippen LogP contribution < -0.4 is 10.0 Å². The molecule has 1 amide bonds. The number of rotatable bonds is 2. The Labute approximate surface area is 147 Å². The molecule has 1 aromatic rings.